The van der Waals surface area contributed by atoms with Crippen LogP contribution in [0.3, 0.4) is 0 Å². The van der Waals surface area contributed by atoms with Crippen LogP contribution in [0.15, 0.2) is 52.4 Å². The van der Waals surface area contributed by atoms with Crippen molar-refractivity contribution in [2.45, 2.75) is 37.5 Å². The Kier molecular flexibility index (Phi) is 6.91. The maximum Gasteiger partial charge on any atom is 0.279 e. The summed E-state index contributed by atoms with van der Waals surface area (Å²) in [5.74, 6) is 2.74. The average molecular weight is 500 g/mol. The summed E-state index contributed by atoms with van der Waals surface area (Å²) in [6.45, 7) is 4.48. The molecule has 1 aliphatic heterocycles. The van der Waals surface area contributed by atoms with E-state index in [4.69, 9.17) is 15.9 Å². The lowest BCUT2D eigenvalue weighted by Gasteiger charge is -2.34. The summed E-state index contributed by atoms with van der Waals surface area (Å²) >= 11 is 1.33. The van der Waals surface area contributed by atoms with Crippen LogP contribution in [-0.2, 0) is 21.3 Å². The van der Waals surface area contributed by atoms with Crippen molar-refractivity contribution in [2.24, 2.45) is 4.99 Å². The molecule has 0 unspecified atom stereocenters. The Morgan fingerprint density at radius 1 is 1.21 bits per heavy atom. The lowest BCUT2D eigenvalue weighted by Crippen LogP contribution is -2.48. The zero-order chi connectivity index (χ0) is 24.5. The van der Waals surface area contributed by atoms with E-state index in [2.05, 4.69) is 10.9 Å². The summed E-state index contributed by atoms with van der Waals surface area (Å²) in [6.07, 6.45) is 5.17. The number of thiazole rings is 1. The number of para-hydroxylation sites is 1. The van der Waals surface area contributed by atoms with Crippen molar-refractivity contribution in [2.75, 3.05) is 20.2 Å². The zero-order valence-corrected chi connectivity index (χ0v) is 20.7. The van der Waals surface area contributed by atoms with Crippen LogP contribution in [0.5, 0.6) is 5.75 Å². The van der Waals surface area contributed by atoms with E-state index in [1.807, 2.05) is 32.0 Å². The number of methoxy groups -OCH3 is 1. The van der Waals surface area contributed by atoms with Crippen molar-refractivity contribution in [3.05, 3.63) is 52.8 Å². The van der Waals surface area contributed by atoms with Gasteiger partial charge in [-0.2, -0.15) is 9.30 Å². The molecular formula is C24H25N3O5S2. The SMILES string of the molecule is C#CCn1c(=NC(=O)c2ccc(S(=O)(=O)N3C[C@H](C)O[C@@H](C)C3)cc2)sc2cccc(OC)c21. The summed E-state index contributed by atoms with van der Waals surface area (Å²) in [4.78, 5) is 17.8. The van der Waals surface area contributed by atoms with Gasteiger partial charge in [0.05, 0.1) is 35.5 Å². The molecule has 0 bridgehead atoms. The maximum absolute atomic E-state index is 13.1. The van der Waals surface area contributed by atoms with Gasteiger partial charge in [0.15, 0.2) is 4.80 Å². The highest BCUT2D eigenvalue weighted by atomic mass is 32.2. The quantitative estimate of drug-likeness (QED) is 0.504. The molecular weight excluding hydrogens is 474 g/mol. The minimum Gasteiger partial charge on any atom is -0.495 e. The van der Waals surface area contributed by atoms with Crippen molar-refractivity contribution in [1.29, 1.82) is 0 Å². The molecule has 2 aromatic carbocycles. The first-order chi connectivity index (χ1) is 16.2. The lowest BCUT2D eigenvalue weighted by molar-refractivity contribution is -0.0440. The van der Waals surface area contributed by atoms with Crippen molar-refractivity contribution in [3.8, 4) is 18.1 Å². The first-order valence-electron chi connectivity index (χ1n) is 10.7. The monoisotopic (exact) mass is 499 g/mol. The Hall–Kier alpha value is -2.97. The van der Waals surface area contributed by atoms with Gasteiger partial charge in [-0.05, 0) is 50.2 Å². The highest BCUT2D eigenvalue weighted by molar-refractivity contribution is 7.89. The summed E-state index contributed by atoms with van der Waals surface area (Å²) in [5.41, 5.74) is 1.05. The summed E-state index contributed by atoms with van der Waals surface area (Å²) in [7, 11) is -2.12. The number of fused-ring (bicyclic) bond motifs is 1. The van der Waals surface area contributed by atoms with Gasteiger partial charge in [0, 0.05) is 18.7 Å². The van der Waals surface area contributed by atoms with Crippen LogP contribution in [0.2, 0.25) is 0 Å². The second-order valence-corrected chi connectivity index (χ2v) is 10.9. The van der Waals surface area contributed by atoms with Gasteiger partial charge in [0.25, 0.3) is 5.91 Å². The van der Waals surface area contributed by atoms with Crippen molar-refractivity contribution in [3.63, 3.8) is 0 Å². The molecule has 1 saturated heterocycles. The van der Waals surface area contributed by atoms with Crippen LogP contribution in [0, 0.1) is 12.3 Å². The molecule has 1 amide bonds. The van der Waals surface area contributed by atoms with Gasteiger partial charge < -0.3 is 14.0 Å². The van der Waals surface area contributed by atoms with Gasteiger partial charge in [0.1, 0.15) is 11.3 Å². The van der Waals surface area contributed by atoms with Gasteiger partial charge in [-0.15, -0.1) is 6.42 Å². The number of ether oxygens (including phenoxy) is 2. The first-order valence-corrected chi connectivity index (χ1v) is 12.9. The van der Waals surface area contributed by atoms with E-state index in [0.717, 1.165) is 10.2 Å². The van der Waals surface area contributed by atoms with Crippen LogP contribution in [-0.4, -0.2) is 55.6 Å². The second kappa shape index (κ2) is 9.72. The van der Waals surface area contributed by atoms with Gasteiger partial charge in [-0.25, -0.2) is 8.42 Å². The van der Waals surface area contributed by atoms with E-state index < -0.39 is 15.9 Å². The Morgan fingerprint density at radius 3 is 2.50 bits per heavy atom. The largest absolute Gasteiger partial charge is 0.495 e. The number of sulfonamides is 1. The number of rotatable bonds is 5. The fourth-order valence-corrected chi connectivity index (χ4v) is 6.62. The molecule has 0 aliphatic carbocycles. The van der Waals surface area contributed by atoms with Crippen LogP contribution in [0.25, 0.3) is 10.2 Å². The number of carbonyl (C=O) groups is 1. The minimum atomic E-state index is -3.69. The van der Waals surface area contributed by atoms with Crippen LogP contribution in [0.1, 0.15) is 24.2 Å². The fraction of sp³-hybridized carbons (Fsp3) is 0.333. The molecule has 3 aromatic rings. The number of hydrogen-bond donors (Lipinski definition) is 0. The highest BCUT2D eigenvalue weighted by Crippen LogP contribution is 2.27. The topological polar surface area (TPSA) is 90.2 Å². The molecule has 34 heavy (non-hydrogen) atoms. The van der Waals surface area contributed by atoms with Gasteiger partial charge >= 0.3 is 0 Å². The summed E-state index contributed by atoms with van der Waals surface area (Å²) in [6, 6.07) is 11.4. The van der Waals surface area contributed by atoms with Gasteiger partial charge in [0.2, 0.25) is 10.0 Å². The Bertz CT molecular complexity index is 1420. The molecule has 0 spiro atoms. The predicted molar refractivity (Wildman–Crippen MR) is 130 cm³/mol. The third-order valence-corrected chi connectivity index (χ3v) is 8.35. The number of carbonyl (C=O) groups excluding carboxylic acids is 1. The third-order valence-electron chi connectivity index (χ3n) is 5.46. The average Bonchev–Trinajstić information content (AvgIpc) is 3.15. The van der Waals surface area contributed by atoms with E-state index in [9.17, 15) is 13.2 Å². The number of terminal acetylenes is 1. The number of benzene rings is 2. The van der Waals surface area contributed by atoms with E-state index in [1.54, 1.807) is 11.7 Å². The molecule has 0 radical (unpaired) electrons. The summed E-state index contributed by atoms with van der Waals surface area (Å²) < 4.78 is 41.3. The molecule has 1 aromatic heterocycles. The van der Waals surface area contributed by atoms with Gasteiger partial charge in [-0.3, -0.25) is 4.79 Å². The molecule has 0 saturated carbocycles. The molecule has 0 N–H and O–H groups in total. The van der Waals surface area contributed by atoms with Crippen LogP contribution < -0.4 is 9.54 Å². The number of nitrogens with zero attached hydrogens (tertiary/aromatic N) is 3. The first kappa shape index (κ1) is 24.2. The summed E-state index contributed by atoms with van der Waals surface area (Å²) in [5, 5.41) is 0. The molecule has 10 heteroatoms. The maximum atomic E-state index is 13.1. The molecule has 8 nitrogen and oxygen atoms in total. The van der Waals surface area contributed by atoms with Gasteiger partial charge in [-0.1, -0.05) is 23.3 Å². The smallest absolute Gasteiger partial charge is 0.279 e. The molecule has 2 atom stereocenters. The lowest BCUT2D eigenvalue weighted by atomic mass is 10.2. The fourth-order valence-electron chi connectivity index (χ4n) is 3.98. The van der Waals surface area contributed by atoms with Crippen molar-refractivity contribution < 1.29 is 22.7 Å². The van der Waals surface area contributed by atoms with Crippen molar-refractivity contribution >= 4 is 37.5 Å². The minimum absolute atomic E-state index is 0.124. The second-order valence-electron chi connectivity index (χ2n) is 8.00. The molecule has 2 heterocycles. The molecule has 4 rings (SSSR count). The van der Waals surface area contributed by atoms with Crippen molar-refractivity contribution in [1.82, 2.24) is 8.87 Å². The number of hydrogen-bond acceptors (Lipinski definition) is 6. The number of amides is 1. The number of morpholine rings is 1. The van der Waals surface area contributed by atoms with Crippen LogP contribution >= 0.6 is 11.3 Å². The number of aromatic nitrogens is 1. The Morgan fingerprint density at radius 2 is 1.88 bits per heavy atom. The standard InChI is InChI=1S/C24H25N3O5S2/c1-5-13-27-22-20(31-4)7-6-8-21(22)33-24(27)25-23(28)18-9-11-19(12-10-18)34(29,30)26-14-16(2)32-17(3)15-26/h1,6-12,16-17H,13-15H2,2-4H3/t16-,17-/m0/s1. The molecule has 1 fully saturated rings. The van der Waals surface area contributed by atoms with E-state index in [0.29, 0.717) is 10.6 Å². The van der Waals surface area contributed by atoms with E-state index in [-0.39, 0.29) is 42.3 Å². The Balaban J connectivity index is 1.66. The molecule has 178 valence electrons. The Labute approximate surface area is 202 Å². The van der Waals surface area contributed by atoms with E-state index in [1.165, 1.54) is 39.9 Å². The highest BCUT2D eigenvalue weighted by Gasteiger charge is 2.32. The third kappa shape index (κ3) is 4.65. The van der Waals surface area contributed by atoms with E-state index >= 15 is 0 Å². The predicted octanol–water partition coefficient (Wildman–Crippen LogP) is 2.88. The zero-order valence-electron chi connectivity index (χ0n) is 19.1. The van der Waals surface area contributed by atoms with Crippen LogP contribution in [0.4, 0.5) is 0 Å². The normalized spacial score (nSPS) is 19.8. The molecule has 1 aliphatic rings.